The Labute approximate surface area is 87.9 Å². The molecule has 0 aliphatic carbocycles. The molecule has 1 aromatic carbocycles. The van der Waals surface area contributed by atoms with Crippen LogP contribution in [-0.4, -0.2) is 5.11 Å². The van der Waals surface area contributed by atoms with Crippen molar-refractivity contribution >= 4 is 15.9 Å². The Morgan fingerprint density at radius 2 is 1.85 bits per heavy atom. The van der Waals surface area contributed by atoms with Gasteiger partial charge in [-0.2, -0.15) is 0 Å². The molecule has 0 aliphatic rings. The Balaban J connectivity index is 3.11. The molecule has 1 aromatic rings. The number of halogens is 1. The van der Waals surface area contributed by atoms with Gasteiger partial charge in [0.2, 0.25) is 0 Å². The van der Waals surface area contributed by atoms with Crippen LogP contribution in [0.3, 0.4) is 0 Å². The van der Waals surface area contributed by atoms with Crippen LogP contribution in [-0.2, 0) is 0 Å². The lowest BCUT2D eigenvalue weighted by Gasteiger charge is -2.12. The summed E-state index contributed by atoms with van der Waals surface area (Å²) in [5.41, 5.74) is 2.23. The van der Waals surface area contributed by atoms with E-state index in [9.17, 15) is 5.11 Å². The highest BCUT2D eigenvalue weighted by atomic mass is 79.9. The van der Waals surface area contributed by atoms with Gasteiger partial charge in [-0.3, -0.25) is 0 Å². The Morgan fingerprint density at radius 3 is 2.31 bits per heavy atom. The van der Waals surface area contributed by atoms with Crippen molar-refractivity contribution in [3.63, 3.8) is 0 Å². The molecule has 0 saturated carbocycles. The number of benzene rings is 1. The lowest BCUT2D eigenvalue weighted by Crippen LogP contribution is -1.96. The molecule has 0 heterocycles. The van der Waals surface area contributed by atoms with E-state index in [4.69, 9.17) is 0 Å². The average Bonchev–Trinajstić information content (AvgIpc) is 2.04. The fourth-order valence-corrected chi connectivity index (χ4v) is 1.82. The van der Waals surface area contributed by atoms with Gasteiger partial charge < -0.3 is 5.11 Å². The Kier molecular flexibility index (Phi) is 3.51. The highest BCUT2D eigenvalue weighted by molar-refractivity contribution is 9.10. The van der Waals surface area contributed by atoms with Crippen molar-refractivity contribution in [2.45, 2.75) is 32.8 Å². The van der Waals surface area contributed by atoms with Gasteiger partial charge in [0.15, 0.2) is 0 Å². The first-order valence-electron chi connectivity index (χ1n) is 4.49. The molecule has 0 aromatic heterocycles. The van der Waals surface area contributed by atoms with Gasteiger partial charge in [-0.15, -0.1) is 0 Å². The van der Waals surface area contributed by atoms with Crippen LogP contribution in [0.5, 0.6) is 0 Å². The summed E-state index contributed by atoms with van der Waals surface area (Å²) < 4.78 is 0.979. The molecule has 1 rings (SSSR count). The van der Waals surface area contributed by atoms with Crippen molar-refractivity contribution in [3.8, 4) is 0 Å². The highest BCUT2D eigenvalue weighted by Gasteiger charge is 2.08. The van der Waals surface area contributed by atoms with Crippen LogP contribution in [0, 0.1) is 0 Å². The van der Waals surface area contributed by atoms with E-state index in [2.05, 4.69) is 41.9 Å². The minimum Gasteiger partial charge on any atom is -0.389 e. The lowest BCUT2D eigenvalue weighted by molar-refractivity contribution is 0.198. The molecule has 0 radical (unpaired) electrons. The van der Waals surface area contributed by atoms with Crippen molar-refractivity contribution < 1.29 is 5.11 Å². The van der Waals surface area contributed by atoms with Crippen LogP contribution in [0.25, 0.3) is 0 Å². The third-order valence-corrected chi connectivity index (χ3v) is 2.86. The monoisotopic (exact) mass is 242 g/mol. The summed E-state index contributed by atoms with van der Waals surface area (Å²) in [5.74, 6) is 0.505. The summed E-state index contributed by atoms with van der Waals surface area (Å²) >= 11 is 3.42. The predicted molar refractivity (Wildman–Crippen MR) is 58.9 cm³/mol. The van der Waals surface area contributed by atoms with E-state index in [1.807, 2.05) is 6.07 Å². The number of aliphatic hydroxyl groups is 1. The predicted octanol–water partition coefficient (Wildman–Crippen LogP) is 3.63. The van der Waals surface area contributed by atoms with E-state index >= 15 is 0 Å². The maximum absolute atomic E-state index is 9.48. The topological polar surface area (TPSA) is 20.2 Å². The molecule has 2 heteroatoms. The second kappa shape index (κ2) is 4.25. The normalized spacial score (nSPS) is 13.4. The second-order valence-corrected chi connectivity index (χ2v) is 4.47. The Hall–Kier alpha value is -0.340. The maximum Gasteiger partial charge on any atom is 0.0772 e. The van der Waals surface area contributed by atoms with Crippen LogP contribution in [0.15, 0.2) is 22.7 Å². The van der Waals surface area contributed by atoms with Crippen LogP contribution in [0.1, 0.15) is 43.9 Å². The first-order chi connectivity index (χ1) is 6.02. The molecule has 72 valence electrons. The van der Waals surface area contributed by atoms with Gasteiger partial charge >= 0.3 is 0 Å². The summed E-state index contributed by atoms with van der Waals surface area (Å²) in [6.07, 6.45) is -0.409. The summed E-state index contributed by atoms with van der Waals surface area (Å²) in [6.45, 7) is 6.08. The van der Waals surface area contributed by atoms with E-state index in [0.29, 0.717) is 5.92 Å². The summed E-state index contributed by atoms with van der Waals surface area (Å²) in [6, 6.07) is 6.14. The molecule has 0 bridgehead atoms. The minimum atomic E-state index is -0.409. The van der Waals surface area contributed by atoms with Gasteiger partial charge in [0.1, 0.15) is 0 Å². The van der Waals surface area contributed by atoms with Crippen molar-refractivity contribution in [3.05, 3.63) is 33.8 Å². The molecule has 0 amide bonds. The molecule has 0 fully saturated rings. The van der Waals surface area contributed by atoms with Gasteiger partial charge in [-0.25, -0.2) is 0 Å². The second-order valence-electron chi connectivity index (χ2n) is 3.61. The number of hydrogen-bond acceptors (Lipinski definition) is 1. The number of aliphatic hydroxyl groups excluding tert-OH is 1. The maximum atomic E-state index is 9.48. The summed E-state index contributed by atoms with van der Waals surface area (Å²) in [4.78, 5) is 0. The highest BCUT2D eigenvalue weighted by Crippen LogP contribution is 2.27. The zero-order valence-corrected chi connectivity index (χ0v) is 9.80. The third kappa shape index (κ3) is 2.55. The van der Waals surface area contributed by atoms with Gasteiger partial charge in [-0.1, -0.05) is 41.9 Å². The fraction of sp³-hybridized carbons (Fsp3) is 0.455. The quantitative estimate of drug-likeness (QED) is 0.840. The van der Waals surface area contributed by atoms with E-state index in [1.165, 1.54) is 5.56 Å². The Bertz CT molecular complexity index is 292. The molecular weight excluding hydrogens is 228 g/mol. The molecule has 1 nitrogen and oxygen atoms in total. The van der Waals surface area contributed by atoms with Crippen molar-refractivity contribution in [2.75, 3.05) is 0 Å². The number of rotatable bonds is 2. The average molecular weight is 243 g/mol. The zero-order chi connectivity index (χ0) is 10.0. The smallest absolute Gasteiger partial charge is 0.0772 e. The third-order valence-electron chi connectivity index (χ3n) is 2.14. The standard InChI is InChI=1S/C11H15BrO/c1-7(2)9-4-5-11(12)10(6-9)8(3)13/h4-8,13H,1-3H3. The van der Waals surface area contributed by atoms with E-state index in [1.54, 1.807) is 6.92 Å². The molecule has 0 saturated heterocycles. The first-order valence-corrected chi connectivity index (χ1v) is 5.29. The van der Waals surface area contributed by atoms with Gasteiger partial charge in [0.05, 0.1) is 6.10 Å². The SMILES string of the molecule is CC(C)c1ccc(Br)c(C(C)O)c1. The molecule has 1 unspecified atom stereocenters. The van der Waals surface area contributed by atoms with Gasteiger partial charge in [0.25, 0.3) is 0 Å². The van der Waals surface area contributed by atoms with Crippen LogP contribution >= 0.6 is 15.9 Å². The molecule has 0 aliphatic heterocycles. The van der Waals surface area contributed by atoms with Crippen molar-refractivity contribution in [2.24, 2.45) is 0 Å². The number of hydrogen-bond donors (Lipinski definition) is 1. The van der Waals surface area contributed by atoms with Gasteiger partial charge in [-0.05, 0) is 30.0 Å². The molecule has 1 atom stereocenters. The zero-order valence-electron chi connectivity index (χ0n) is 8.21. The first kappa shape index (κ1) is 10.7. The fourth-order valence-electron chi connectivity index (χ4n) is 1.24. The lowest BCUT2D eigenvalue weighted by atomic mass is 9.99. The molecule has 0 spiro atoms. The van der Waals surface area contributed by atoms with Crippen molar-refractivity contribution in [1.82, 2.24) is 0 Å². The minimum absolute atomic E-state index is 0.409. The van der Waals surface area contributed by atoms with E-state index in [-0.39, 0.29) is 0 Å². The van der Waals surface area contributed by atoms with E-state index < -0.39 is 6.10 Å². The van der Waals surface area contributed by atoms with Crippen LogP contribution in [0.4, 0.5) is 0 Å². The van der Waals surface area contributed by atoms with Gasteiger partial charge in [0, 0.05) is 4.47 Å². The molecule has 13 heavy (non-hydrogen) atoms. The van der Waals surface area contributed by atoms with Crippen molar-refractivity contribution in [1.29, 1.82) is 0 Å². The summed E-state index contributed by atoms with van der Waals surface area (Å²) in [7, 11) is 0. The van der Waals surface area contributed by atoms with Crippen LogP contribution in [0.2, 0.25) is 0 Å². The largest absolute Gasteiger partial charge is 0.389 e. The molecule has 1 N–H and O–H groups in total. The summed E-state index contributed by atoms with van der Waals surface area (Å²) in [5, 5.41) is 9.48. The Morgan fingerprint density at radius 1 is 1.23 bits per heavy atom. The van der Waals surface area contributed by atoms with Crippen LogP contribution < -0.4 is 0 Å². The van der Waals surface area contributed by atoms with E-state index in [0.717, 1.165) is 10.0 Å². The molecular formula is C11H15BrO.